The molecule has 116 valence electrons. The van der Waals surface area contributed by atoms with Crippen molar-refractivity contribution in [3.05, 3.63) is 52.5 Å². The van der Waals surface area contributed by atoms with Crippen molar-refractivity contribution in [2.75, 3.05) is 11.4 Å². The van der Waals surface area contributed by atoms with Crippen molar-refractivity contribution in [1.29, 1.82) is 0 Å². The molecule has 0 saturated carbocycles. The number of hydrogen-bond acceptors (Lipinski definition) is 3. The number of ether oxygens (including phenoxy) is 1. The number of anilines is 1. The van der Waals surface area contributed by atoms with Gasteiger partial charge >= 0.3 is 0 Å². The lowest BCUT2D eigenvalue weighted by atomic mass is 10.1. The molecule has 22 heavy (non-hydrogen) atoms. The van der Waals surface area contributed by atoms with Crippen molar-refractivity contribution in [2.45, 2.75) is 24.3 Å². The fourth-order valence-electron chi connectivity index (χ4n) is 2.86. The largest absolute Gasteiger partial charge is 0.495 e. The molecule has 2 aromatic rings. The van der Waals surface area contributed by atoms with E-state index in [0.717, 1.165) is 11.3 Å². The number of fused-ring (bicyclic) bond motifs is 1. The first-order valence-electron chi connectivity index (χ1n) is 6.91. The molecule has 3 rings (SSSR count). The maximum absolute atomic E-state index is 13.2. The van der Waals surface area contributed by atoms with E-state index in [9.17, 15) is 8.42 Å². The summed E-state index contributed by atoms with van der Waals surface area (Å²) in [5.74, 6) is 0.347. The molecular formula is C16H16BrNO3S. The molecule has 1 aliphatic heterocycles. The van der Waals surface area contributed by atoms with Gasteiger partial charge in [-0.05, 0) is 43.2 Å². The summed E-state index contributed by atoms with van der Waals surface area (Å²) in [6.45, 7) is 1.92. The van der Waals surface area contributed by atoms with Crippen LogP contribution in [0.4, 0.5) is 5.69 Å². The Morgan fingerprint density at radius 3 is 2.68 bits per heavy atom. The predicted octanol–water partition coefficient (Wildman–Crippen LogP) is 3.60. The topological polar surface area (TPSA) is 46.6 Å². The zero-order chi connectivity index (χ0) is 15.9. The first-order chi connectivity index (χ1) is 10.4. The van der Waals surface area contributed by atoms with Gasteiger partial charge in [-0.15, -0.1) is 0 Å². The minimum atomic E-state index is -3.69. The Morgan fingerprint density at radius 2 is 1.95 bits per heavy atom. The normalized spacial score (nSPS) is 17.4. The van der Waals surface area contributed by atoms with Crippen molar-refractivity contribution in [2.24, 2.45) is 0 Å². The second kappa shape index (κ2) is 5.59. The molecule has 1 atom stereocenters. The zero-order valence-electron chi connectivity index (χ0n) is 12.3. The van der Waals surface area contributed by atoms with Gasteiger partial charge in [-0.2, -0.15) is 0 Å². The molecule has 0 fully saturated rings. The van der Waals surface area contributed by atoms with Crippen molar-refractivity contribution in [3.63, 3.8) is 0 Å². The summed E-state index contributed by atoms with van der Waals surface area (Å²) in [4.78, 5) is 0.174. The van der Waals surface area contributed by atoms with Crippen LogP contribution in [0.15, 0.2) is 51.8 Å². The van der Waals surface area contributed by atoms with Crippen LogP contribution in [0.25, 0.3) is 0 Å². The predicted molar refractivity (Wildman–Crippen MR) is 90.0 cm³/mol. The van der Waals surface area contributed by atoms with E-state index < -0.39 is 10.0 Å². The number of sulfonamides is 1. The van der Waals surface area contributed by atoms with E-state index >= 15 is 0 Å². The Morgan fingerprint density at radius 1 is 1.23 bits per heavy atom. The number of nitrogens with zero attached hydrogens (tertiary/aromatic N) is 1. The van der Waals surface area contributed by atoms with E-state index in [4.69, 9.17) is 4.74 Å². The monoisotopic (exact) mass is 381 g/mol. The number of halogens is 1. The first kappa shape index (κ1) is 15.4. The number of rotatable bonds is 3. The highest BCUT2D eigenvalue weighted by Gasteiger charge is 2.37. The summed E-state index contributed by atoms with van der Waals surface area (Å²) in [6, 6.07) is 12.5. The van der Waals surface area contributed by atoms with Crippen molar-refractivity contribution < 1.29 is 13.2 Å². The SMILES string of the molecule is COc1ccc(Br)cc1S(=O)(=O)N1c2ccccc2C[C@@H]1C. The second-order valence-corrected chi connectivity index (χ2v) is 7.98. The van der Waals surface area contributed by atoms with Crippen molar-refractivity contribution in [1.82, 2.24) is 0 Å². The van der Waals surface area contributed by atoms with Gasteiger partial charge in [0.05, 0.1) is 12.8 Å². The Kier molecular flexibility index (Phi) is 3.91. The highest BCUT2D eigenvalue weighted by molar-refractivity contribution is 9.10. The quantitative estimate of drug-likeness (QED) is 0.815. The summed E-state index contributed by atoms with van der Waals surface area (Å²) in [7, 11) is -2.21. The molecule has 1 heterocycles. The Bertz CT molecular complexity index is 820. The Labute approximate surface area is 138 Å². The fourth-order valence-corrected chi connectivity index (χ4v) is 5.25. The average Bonchev–Trinajstić information content (AvgIpc) is 2.83. The molecule has 0 spiro atoms. The minimum Gasteiger partial charge on any atom is -0.495 e. The van der Waals surface area contributed by atoms with Crippen LogP contribution in [0.5, 0.6) is 5.75 Å². The number of hydrogen-bond donors (Lipinski definition) is 0. The fraction of sp³-hybridized carbons (Fsp3) is 0.250. The highest BCUT2D eigenvalue weighted by Crippen LogP contribution is 2.39. The third-order valence-corrected chi connectivity index (χ3v) is 6.25. The van der Waals surface area contributed by atoms with Crippen LogP contribution in [0, 0.1) is 0 Å². The van der Waals surface area contributed by atoms with Crippen LogP contribution in [0.3, 0.4) is 0 Å². The highest BCUT2D eigenvalue weighted by atomic mass is 79.9. The summed E-state index contributed by atoms with van der Waals surface area (Å²) in [5.41, 5.74) is 1.80. The number of para-hydroxylation sites is 1. The molecule has 2 aromatic carbocycles. The van der Waals surface area contributed by atoms with E-state index in [1.54, 1.807) is 18.2 Å². The molecule has 1 aliphatic rings. The van der Waals surface area contributed by atoms with Crippen LogP contribution in [0.1, 0.15) is 12.5 Å². The number of methoxy groups -OCH3 is 1. The minimum absolute atomic E-state index is 0.119. The van der Waals surface area contributed by atoms with Crippen LogP contribution in [-0.4, -0.2) is 21.6 Å². The maximum Gasteiger partial charge on any atom is 0.268 e. The van der Waals surface area contributed by atoms with Crippen LogP contribution >= 0.6 is 15.9 Å². The van der Waals surface area contributed by atoms with Gasteiger partial charge in [0.25, 0.3) is 10.0 Å². The Hall–Kier alpha value is -1.53. The van der Waals surface area contributed by atoms with Gasteiger partial charge in [-0.3, -0.25) is 4.31 Å². The van der Waals surface area contributed by atoms with E-state index in [1.165, 1.54) is 11.4 Å². The Balaban J connectivity index is 2.17. The lowest BCUT2D eigenvalue weighted by Gasteiger charge is -2.25. The van der Waals surface area contributed by atoms with E-state index in [0.29, 0.717) is 16.6 Å². The van der Waals surface area contributed by atoms with Gasteiger partial charge in [0.1, 0.15) is 10.6 Å². The van der Waals surface area contributed by atoms with Crippen molar-refractivity contribution in [3.8, 4) is 5.75 Å². The molecule has 0 radical (unpaired) electrons. The summed E-state index contributed by atoms with van der Waals surface area (Å²) >= 11 is 3.33. The molecule has 0 saturated heterocycles. The maximum atomic E-state index is 13.2. The van der Waals surface area contributed by atoms with Gasteiger partial charge in [-0.25, -0.2) is 8.42 Å². The molecule has 0 aromatic heterocycles. The molecule has 0 amide bonds. The lowest BCUT2D eigenvalue weighted by molar-refractivity contribution is 0.402. The standard InChI is InChI=1S/C16H16BrNO3S/c1-11-9-12-5-3-4-6-14(12)18(11)22(19,20)16-10-13(17)7-8-15(16)21-2/h3-8,10-11H,9H2,1-2H3/t11-/m0/s1. The molecule has 4 nitrogen and oxygen atoms in total. The molecule has 0 bridgehead atoms. The lowest BCUT2D eigenvalue weighted by Crippen LogP contribution is -2.35. The summed E-state index contributed by atoms with van der Waals surface area (Å²) in [6.07, 6.45) is 0.714. The summed E-state index contributed by atoms with van der Waals surface area (Å²) < 4.78 is 33.8. The van der Waals surface area contributed by atoms with Crippen LogP contribution in [0.2, 0.25) is 0 Å². The van der Waals surface area contributed by atoms with E-state index in [1.807, 2.05) is 31.2 Å². The molecule has 6 heteroatoms. The van der Waals surface area contributed by atoms with Gasteiger partial charge in [0.15, 0.2) is 0 Å². The van der Waals surface area contributed by atoms with Crippen LogP contribution < -0.4 is 9.04 Å². The molecule has 0 aliphatic carbocycles. The second-order valence-electron chi connectivity index (χ2n) is 5.28. The van der Waals surface area contributed by atoms with E-state index in [-0.39, 0.29) is 10.9 Å². The van der Waals surface area contributed by atoms with Gasteiger partial charge < -0.3 is 4.74 Å². The molecular weight excluding hydrogens is 366 g/mol. The smallest absolute Gasteiger partial charge is 0.268 e. The van der Waals surface area contributed by atoms with Crippen LogP contribution in [-0.2, 0) is 16.4 Å². The van der Waals surface area contributed by atoms with Gasteiger partial charge in [0, 0.05) is 10.5 Å². The summed E-state index contributed by atoms with van der Waals surface area (Å²) in [5, 5.41) is 0. The zero-order valence-corrected chi connectivity index (χ0v) is 14.7. The van der Waals surface area contributed by atoms with Gasteiger partial charge in [0.2, 0.25) is 0 Å². The average molecular weight is 382 g/mol. The number of benzene rings is 2. The molecule has 0 unspecified atom stereocenters. The third kappa shape index (κ3) is 2.40. The first-order valence-corrected chi connectivity index (χ1v) is 9.14. The van der Waals surface area contributed by atoms with E-state index in [2.05, 4.69) is 15.9 Å². The third-order valence-electron chi connectivity index (χ3n) is 3.81. The van der Waals surface area contributed by atoms with Crippen molar-refractivity contribution >= 4 is 31.6 Å². The molecule has 0 N–H and O–H groups in total. The van der Waals surface area contributed by atoms with Gasteiger partial charge in [-0.1, -0.05) is 34.1 Å².